The molecule has 1 heterocycles. The van der Waals surface area contributed by atoms with Gasteiger partial charge in [0.15, 0.2) is 11.5 Å². The van der Waals surface area contributed by atoms with Crippen molar-refractivity contribution in [2.45, 2.75) is 23.8 Å². The number of sulfonamides is 1. The number of nitrogens with one attached hydrogen (secondary N) is 1. The monoisotopic (exact) mass is 334 g/mol. The van der Waals surface area contributed by atoms with Gasteiger partial charge in [0.25, 0.3) is 0 Å². The number of methoxy groups -OCH3 is 2. The number of nitrogens with zero attached hydrogens (tertiary/aromatic N) is 1. The van der Waals surface area contributed by atoms with Gasteiger partial charge in [0, 0.05) is 12.3 Å². The van der Waals surface area contributed by atoms with Gasteiger partial charge in [-0.3, -0.25) is 4.98 Å². The second-order valence-electron chi connectivity index (χ2n) is 5.28. The van der Waals surface area contributed by atoms with Crippen LogP contribution in [0.25, 0.3) is 0 Å². The van der Waals surface area contributed by atoms with E-state index >= 15 is 0 Å². The Labute approximate surface area is 135 Å². The summed E-state index contributed by atoms with van der Waals surface area (Å²) in [6, 6.07) is 8.07. The molecule has 23 heavy (non-hydrogen) atoms. The van der Waals surface area contributed by atoms with E-state index in [1.54, 1.807) is 12.3 Å². The predicted octanol–water partition coefficient (Wildman–Crippen LogP) is 2.06. The van der Waals surface area contributed by atoms with Gasteiger partial charge in [-0.1, -0.05) is 6.07 Å². The smallest absolute Gasteiger partial charge is 0.241 e. The highest BCUT2D eigenvalue weighted by Gasteiger charge is 2.28. The maximum absolute atomic E-state index is 12.6. The van der Waals surface area contributed by atoms with E-state index in [2.05, 4.69) is 9.71 Å². The van der Waals surface area contributed by atoms with Crippen LogP contribution in [0.3, 0.4) is 0 Å². The van der Waals surface area contributed by atoms with E-state index in [0.717, 1.165) is 17.7 Å². The third-order valence-electron chi connectivity index (χ3n) is 3.92. The first kappa shape index (κ1) is 15.8. The molecule has 0 fully saturated rings. The number of fused-ring (bicyclic) bond motifs is 1. The number of pyridine rings is 1. The van der Waals surface area contributed by atoms with Gasteiger partial charge in [-0.2, -0.15) is 0 Å². The number of ether oxygens (including phenoxy) is 2. The molecule has 1 unspecified atom stereocenters. The van der Waals surface area contributed by atoms with Gasteiger partial charge < -0.3 is 9.47 Å². The molecule has 0 aliphatic heterocycles. The molecular formula is C16H18N2O4S. The zero-order chi connectivity index (χ0) is 16.4. The van der Waals surface area contributed by atoms with Crippen LogP contribution < -0.4 is 14.2 Å². The quantitative estimate of drug-likeness (QED) is 0.906. The Morgan fingerprint density at radius 3 is 2.70 bits per heavy atom. The molecule has 0 amide bonds. The van der Waals surface area contributed by atoms with Gasteiger partial charge in [-0.15, -0.1) is 0 Å². The zero-order valence-electron chi connectivity index (χ0n) is 12.9. The molecule has 122 valence electrons. The number of aromatic nitrogens is 1. The van der Waals surface area contributed by atoms with Gasteiger partial charge in [-0.05, 0) is 36.6 Å². The molecule has 0 saturated carbocycles. The maximum atomic E-state index is 12.6. The lowest BCUT2D eigenvalue weighted by Gasteiger charge is -2.15. The van der Waals surface area contributed by atoms with Gasteiger partial charge in [-0.25, -0.2) is 13.1 Å². The van der Waals surface area contributed by atoms with Gasteiger partial charge in [0.05, 0.1) is 30.9 Å². The summed E-state index contributed by atoms with van der Waals surface area (Å²) in [5.41, 5.74) is 1.89. The fraction of sp³-hybridized carbons (Fsp3) is 0.312. The Balaban J connectivity index is 1.88. The van der Waals surface area contributed by atoms with Crippen molar-refractivity contribution in [3.05, 3.63) is 47.8 Å². The van der Waals surface area contributed by atoms with Crippen molar-refractivity contribution in [3.8, 4) is 11.5 Å². The molecular weight excluding hydrogens is 316 g/mol. The minimum Gasteiger partial charge on any atom is -0.493 e. The van der Waals surface area contributed by atoms with Crippen LogP contribution in [0.2, 0.25) is 0 Å². The molecule has 7 heteroatoms. The summed E-state index contributed by atoms with van der Waals surface area (Å²) >= 11 is 0. The number of benzene rings is 1. The van der Waals surface area contributed by atoms with E-state index in [0.29, 0.717) is 17.9 Å². The molecule has 6 nitrogen and oxygen atoms in total. The summed E-state index contributed by atoms with van der Waals surface area (Å²) in [5.74, 6) is 0.861. The minimum absolute atomic E-state index is 0.138. The van der Waals surface area contributed by atoms with Crippen LogP contribution in [0, 0.1) is 0 Å². The Bertz CT molecular complexity index is 821. The first-order chi connectivity index (χ1) is 11.0. The van der Waals surface area contributed by atoms with Crippen molar-refractivity contribution in [2.75, 3.05) is 14.2 Å². The molecule has 1 aromatic heterocycles. The largest absolute Gasteiger partial charge is 0.493 e. The number of aryl methyl sites for hydroxylation is 1. The summed E-state index contributed by atoms with van der Waals surface area (Å²) in [5, 5.41) is 0. The summed E-state index contributed by atoms with van der Waals surface area (Å²) in [7, 11) is -0.693. The molecule has 1 atom stereocenters. The van der Waals surface area contributed by atoms with Crippen molar-refractivity contribution in [2.24, 2.45) is 0 Å². The van der Waals surface area contributed by atoms with Crippen LogP contribution in [0.15, 0.2) is 41.4 Å². The fourth-order valence-corrected chi connectivity index (χ4v) is 4.02. The fourth-order valence-electron chi connectivity index (χ4n) is 2.77. The molecule has 0 bridgehead atoms. The Morgan fingerprint density at radius 2 is 1.96 bits per heavy atom. The summed E-state index contributed by atoms with van der Waals surface area (Å²) in [6.07, 6.45) is 3.21. The predicted molar refractivity (Wildman–Crippen MR) is 85.2 cm³/mol. The summed E-state index contributed by atoms with van der Waals surface area (Å²) in [6.45, 7) is 0. The van der Waals surface area contributed by atoms with Crippen LogP contribution in [0.5, 0.6) is 11.5 Å². The second-order valence-corrected chi connectivity index (χ2v) is 6.99. The van der Waals surface area contributed by atoms with Crippen LogP contribution in [-0.2, 0) is 16.4 Å². The highest BCUT2D eigenvalue weighted by Crippen LogP contribution is 2.32. The van der Waals surface area contributed by atoms with E-state index < -0.39 is 10.0 Å². The van der Waals surface area contributed by atoms with E-state index in [-0.39, 0.29) is 10.9 Å². The van der Waals surface area contributed by atoms with Crippen molar-refractivity contribution in [1.82, 2.24) is 9.71 Å². The molecule has 3 rings (SSSR count). The van der Waals surface area contributed by atoms with Gasteiger partial charge in [0.2, 0.25) is 10.0 Å². The van der Waals surface area contributed by atoms with E-state index in [9.17, 15) is 8.42 Å². The van der Waals surface area contributed by atoms with E-state index in [1.807, 2.05) is 12.1 Å². The molecule has 1 aliphatic carbocycles. The number of hydrogen-bond acceptors (Lipinski definition) is 5. The van der Waals surface area contributed by atoms with Crippen LogP contribution in [0.4, 0.5) is 0 Å². The summed E-state index contributed by atoms with van der Waals surface area (Å²) < 4.78 is 38.3. The van der Waals surface area contributed by atoms with E-state index in [1.165, 1.54) is 26.4 Å². The van der Waals surface area contributed by atoms with Crippen molar-refractivity contribution < 1.29 is 17.9 Å². The average molecular weight is 334 g/mol. The molecule has 0 spiro atoms. The topological polar surface area (TPSA) is 77.5 Å². The normalized spacial score (nSPS) is 16.9. The lowest BCUT2D eigenvalue weighted by atomic mass is 10.2. The lowest BCUT2D eigenvalue weighted by molar-refractivity contribution is 0.354. The Morgan fingerprint density at radius 1 is 1.17 bits per heavy atom. The average Bonchev–Trinajstić information content (AvgIpc) is 2.96. The first-order valence-electron chi connectivity index (χ1n) is 7.23. The number of hydrogen-bond donors (Lipinski definition) is 1. The Kier molecular flexibility index (Phi) is 4.23. The Hall–Kier alpha value is -2.12. The van der Waals surface area contributed by atoms with E-state index in [4.69, 9.17) is 9.47 Å². The van der Waals surface area contributed by atoms with Crippen molar-refractivity contribution in [3.63, 3.8) is 0 Å². The minimum atomic E-state index is -3.67. The maximum Gasteiger partial charge on any atom is 0.241 e. The van der Waals surface area contributed by atoms with Crippen LogP contribution in [-0.4, -0.2) is 27.6 Å². The summed E-state index contributed by atoms with van der Waals surface area (Å²) in [4.78, 5) is 4.45. The molecule has 2 aromatic rings. The molecule has 0 saturated heterocycles. The molecule has 1 N–H and O–H groups in total. The van der Waals surface area contributed by atoms with Crippen LogP contribution >= 0.6 is 0 Å². The first-order valence-corrected chi connectivity index (χ1v) is 8.71. The highest BCUT2D eigenvalue weighted by atomic mass is 32.2. The molecule has 1 aliphatic rings. The van der Waals surface area contributed by atoms with Crippen molar-refractivity contribution >= 4 is 10.0 Å². The van der Waals surface area contributed by atoms with Crippen molar-refractivity contribution in [1.29, 1.82) is 0 Å². The van der Waals surface area contributed by atoms with Crippen LogP contribution in [0.1, 0.15) is 23.7 Å². The van der Waals surface area contributed by atoms with Gasteiger partial charge in [0.1, 0.15) is 0 Å². The SMILES string of the molecule is COc1ccc(S(=O)(=O)NC2CCc3cccnc32)cc1OC. The second kappa shape index (κ2) is 6.17. The lowest BCUT2D eigenvalue weighted by Crippen LogP contribution is -2.27. The molecule has 0 radical (unpaired) electrons. The molecule has 1 aromatic carbocycles. The third-order valence-corrected chi connectivity index (χ3v) is 5.39. The highest BCUT2D eigenvalue weighted by molar-refractivity contribution is 7.89. The standard InChI is InChI=1S/C16H18N2O4S/c1-21-14-8-6-12(10-15(14)22-2)23(19,20)18-13-7-5-11-4-3-9-17-16(11)13/h3-4,6,8-10,13,18H,5,7H2,1-2H3. The zero-order valence-corrected chi connectivity index (χ0v) is 13.8. The third kappa shape index (κ3) is 3.02. The van der Waals surface area contributed by atoms with Gasteiger partial charge >= 0.3 is 0 Å². The number of rotatable bonds is 5.